The minimum atomic E-state index is -3.71. The Balaban J connectivity index is 1.11. The van der Waals surface area contributed by atoms with Gasteiger partial charge in [0.25, 0.3) is 5.91 Å². The van der Waals surface area contributed by atoms with E-state index >= 15 is 0 Å². The van der Waals surface area contributed by atoms with E-state index in [1.807, 2.05) is 4.72 Å². The summed E-state index contributed by atoms with van der Waals surface area (Å²) >= 11 is 0. The van der Waals surface area contributed by atoms with Gasteiger partial charge in [0.05, 0.1) is 36.5 Å². The Kier molecular flexibility index (Phi) is 9.15. The monoisotopic (exact) mass is 656 g/mol. The lowest BCUT2D eigenvalue weighted by atomic mass is 10.0. The SMILES string of the molecule is C[C@H]1C[C@@H](Oc2ccnc(COc3ccc(F)cc3F)n2)CCN1Cc1nc2ccc(C(=O)NS(C)(=O)=O)cc2n1CC1CCO1. The molecule has 1 N–H and O–H groups in total. The van der Waals surface area contributed by atoms with Crippen molar-refractivity contribution in [3.63, 3.8) is 0 Å². The smallest absolute Gasteiger partial charge is 0.264 e. The lowest BCUT2D eigenvalue weighted by Crippen LogP contribution is -2.44. The highest BCUT2D eigenvalue weighted by atomic mass is 32.2. The minimum absolute atomic E-state index is 0.0408. The summed E-state index contributed by atoms with van der Waals surface area (Å²) in [7, 11) is -3.71. The maximum atomic E-state index is 13.9. The molecule has 15 heteroatoms. The van der Waals surface area contributed by atoms with E-state index in [1.54, 1.807) is 30.5 Å². The molecular formula is C31H34F2N6O6S. The molecule has 2 aliphatic heterocycles. The largest absolute Gasteiger partial charge is 0.483 e. The number of ether oxygens (including phenoxy) is 3. The molecule has 2 aliphatic rings. The van der Waals surface area contributed by atoms with E-state index in [1.165, 1.54) is 6.07 Å². The number of amides is 1. The van der Waals surface area contributed by atoms with E-state index in [0.29, 0.717) is 36.9 Å². The van der Waals surface area contributed by atoms with E-state index in [-0.39, 0.29) is 36.2 Å². The number of nitrogens with one attached hydrogen (secondary N) is 1. The number of hydrogen-bond acceptors (Lipinski definition) is 10. The predicted octanol–water partition coefficient (Wildman–Crippen LogP) is 3.59. The van der Waals surface area contributed by atoms with Crippen molar-refractivity contribution in [2.45, 2.75) is 64.1 Å². The van der Waals surface area contributed by atoms with Crippen LogP contribution >= 0.6 is 0 Å². The highest BCUT2D eigenvalue weighted by Crippen LogP contribution is 2.27. The fraction of sp³-hybridized carbons (Fsp3) is 0.419. The highest BCUT2D eigenvalue weighted by Gasteiger charge is 2.30. The minimum Gasteiger partial charge on any atom is -0.483 e. The summed E-state index contributed by atoms with van der Waals surface area (Å²) < 4.78 is 71.7. The highest BCUT2D eigenvalue weighted by molar-refractivity contribution is 7.89. The van der Waals surface area contributed by atoms with Crippen LogP contribution in [0.3, 0.4) is 0 Å². The number of benzene rings is 2. The number of carbonyl (C=O) groups excluding carboxylic acids is 1. The standard InChI is InChI=1S/C31H34F2N6O6S/c1-19-13-22(45-30-7-10-34-28(36-30)18-44-27-6-4-21(32)15-24(27)33)8-11-38(19)17-29-35-25-5-3-20(31(40)37-46(2,41)42)14-26(25)39(29)16-23-9-12-43-23/h3-7,10,14-15,19,22-23H,8-9,11-13,16-18H2,1-2H3,(H,37,40)/t19-,22-,23?/m0/s1. The van der Waals surface area contributed by atoms with Crippen molar-refractivity contribution in [3.05, 3.63) is 77.5 Å². The number of likely N-dealkylation sites (tertiary alicyclic amines) is 1. The normalized spacial score (nSPS) is 20.3. The summed E-state index contributed by atoms with van der Waals surface area (Å²) in [6, 6.07) is 9.87. The number of sulfonamides is 1. The quantitative estimate of drug-likeness (QED) is 0.255. The van der Waals surface area contributed by atoms with Crippen molar-refractivity contribution in [1.29, 1.82) is 0 Å². The van der Waals surface area contributed by atoms with Gasteiger partial charge in [-0.2, -0.15) is 4.98 Å². The molecule has 0 spiro atoms. The number of carbonyl (C=O) groups is 1. The molecule has 0 aliphatic carbocycles. The Bertz CT molecular complexity index is 1850. The van der Waals surface area contributed by atoms with Gasteiger partial charge < -0.3 is 18.8 Å². The molecule has 2 saturated heterocycles. The second kappa shape index (κ2) is 13.3. The van der Waals surface area contributed by atoms with Crippen LogP contribution in [0.4, 0.5) is 8.78 Å². The molecule has 4 aromatic rings. The number of halogens is 2. The average molecular weight is 657 g/mol. The summed E-state index contributed by atoms with van der Waals surface area (Å²) in [6.07, 6.45) is 4.83. The first-order valence-electron chi connectivity index (χ1n) is 14.9. The number of nitrogens with zero attached hydrogens (tertiary/aromatic N) is 5. The van der Waals surface area contributed by atoms with E-state index in [2.05, 4.69) is 26.4 Å². The van der Waals surface area contributed by atoms with Crippen LogP contribution in [0.5, 0.6) is 11.6 Å². The van der Waals surface area contributed by atoms with Gasteiger partial charge in [0.1, 0.15) is 24.4 Å². The molecule has 12 nitrogen and oxygen atoms in total. The second-order valence-corrected chi connectivity index (χ2v) is 13.3. The summed E-state index contributed by atoms with van der Waals surface area (Å²) in [5.74, 6) is -0.762. The van der Waals surface area contributed by atoms with E-state index in [4.69, 9.17) is 19.2 Å². The molecule has 1 amide bonds. The van der Waals surface area contributed by atoms with E-state index in [0.717, 1.165) is 55.5 Å². The van der Waals surface area contributed by atoms with Gasteiger partial charge in [-0.05, 0) is 56.5 Å². The Morgan fingerprint density at radius 1 is 1.13 bits per heavy atom. The summed E-state index contributed by atoms with van der Waals surface area (Å²) in [6.45, 7) is 4.60. The lowest BCUT2D eigenvalue weighted by molar-refractivity contribution is -0.0593. The molecule has 4 heterocycles. The zero-order valence-corrected chi connectivity index (χ0v) is 26.2. The molecule has 6 rings (SSSR count). The first kappa shape index (κ1) is 31.8. The topological polar surface area (TPSA) is 138 Å². The van der Waals surface area contributed by atoms with Crippen LogP contribution in [0.2, 0.25) is 0 Å². The first-order valence-corrected chi connectivity index (χ1v) is 16.8. The van der Waals surface area contributed by atoms with Gasteiger partial charge in [-0.3, -0.25) is 9.69 Å². The molecule has 0 bridgehead atoms. The average Bonchev–Trinajstić information content (AvgIpc) is 3.31. The number of hydrogen-bond donors (Lipinski definition) is 1. The van der Waals surface area contributed by atoms with E-state index < -0.39 is 27.6 Å². The first-order chi connectivity index (χ1) is 22.0. The van der Waals surface area contributed by atoms with Gasteiger partial charge >= 0.3 is 0 Å². The number of fused-ring (bicyclic) bond motifs is 1. The van der Waals surface area contributed by atoms with Crippen LogP contribution in [-0.4, -0.2) is 76.4 Å². The van der Waals surface area contributed by atoms with Crippen molar-refractivity contribution >= 4 is 27.0 Å². The maximum absolute atomic E-state index is 13.9. The van der Waals surface area contributed by atoms with Crippen LogP contribution in [0.25, 0.3) is 11.0 Å². The molecule has 2 aromatic heterocycles. The third-order valence-electron chi connectivity index (χ3n) is 8.08. The maximum Gasteiger partial charge on any atom is 0.264 e. The molecule has 0 radical (unpaired) electrons. The molecule has 2 fully saturated rings. The summed E-state index contributed by atoms with van der Waals surface area (Å²) in [5, 5.41) is 0. The van der Waals surface area contributed by atoms with Crippen molar-refractivity contribution in [3.8, 4) is 11.6 Å². The zero-order valence-electron chi connectivity index (χ0n) is 25.4. The molecule has 3 atom stereocenters. The third kappa shape index (κ3) is 7.59. The molecule has 0 saturated carbocycles. The van der Waals surface area contributed by atoms with Gasteiger partial charge in [-0.25, -0.2) is 31.9 Å². The van der Waals surface area contributed by atoms with Crippen molar-refractivity contribution in [1.82, 2.24) is 29.1 Å². The number of aromatic nitrogens is 4. The summed E-state index contributed by atoms with van der Waals surface area (Å²) in [5.41, 5.74) is 1.68. The van der Waals surface area contributed by atoms with Gasteiger partial charge in [-0.15, -0.1) is 0 Å². The third-order valence-corrected chi connectivity index (χ3v) is 8.63. The van der Waals surface area contributed by atoms with Crippen molar-refractivity contribution in [2.24, 2.45) is 0 Å². The molecule has 2 aromatic carbocycles. The van der Waals surface area contributed by atoms with Gasteiger partial charge in [0.15, 0.2) is 17.4 Å². The van der Waals surface area contributed by atoms with Crippen LogP contribution in [0, 0.1) is 11.6 Å². The number of piperidine rings is 1. The van der Waals surface area contributed by atoms with Gasteiger partial charge in [-0.1, -0.05) is 0 Å². The fourth-order valence-corrected chi connectivity index (χ4v) is 6.07. The van der Waals surface area contributed by atoms with Crippen LogP contribution in [0.15, 0.2) is 48.7 Å². The second-order valence-electron chi connectivity index (χ2n) is 11.6. The Hall–Kier alpha value is -4.21. The van der Waals surface area contributed by atoms with Crippen LogP contribution in [0.1, 0.15) is 48.2 Å². The number of rotatable bonds is 11. The van der Waals surface area contributed by atoms with Gasteiger partial charge in [0.2, 0.25) is 15.9 Å². The lowest BCUT2D eigenvalue weighted by Gasteiger charge is -2.37. The van der Waals surface area contributed by atoms with Crippen LogP contribution < -0.4 is 14.2 Å². The molecule has 244 valence electrons. The van der Waals surface area contributed by atoms with Crippen molar-refractivity contribution in [2.75, 3.05) is 19.4 Å². The predicted molar refractivity (Wildman–Crippen MR) is 163 cm³/mol. The Morgan fingerprint density at radius 2 is 1.96 bits per heavy atom. The van der Waals surface area contributed by atoms with Crippen LogP contribution in [-0.2, 0) is 34.5 Å². The summed E-state index contributed by atoms with van der Waals surface area (Å²) in [4.78, 5) is 28.3. The number of imidazole rings is 1. The zero-order chi connectivity index (χ0) is 32.4. The van der Waals surface area contributed by atoms with E-state index in [9.17, 15) is 22.0 Å². The Morgan fingerprint density at radius 3 is 2.67 bits per heavy atom. The fourth-order valence-electron chi connectivity index (χ4n) is 5.62. The Labute approximate surface area is 264 Å². The molecule has 46 heavy (non-hydrogen) atoms. The van der Waals surface area contributed by atoms with Gasteiger partial charge in [0, 0.05) is 43.1 Å². The molecular weight excluding hydrogens is 622 g/mol. The van der Waals surface area contributed by atoms with Crippen molar-refractivity contribution < 1.29 is 36.2 Å². The molecule has 1 unspecified atom stereocenters.